The summed E-state index contributed by atoms with van der Waals surface area (Å²) >= 11 is 0. The molecule has 1 aliphatic carbocycles. The minimum absolute atomic E-state index is 0.314. The number of aliphatic hydroxyl groups is 1. The van der Waals surface area contributed by atoms with Crippen LogP contribution in [0, 0.1) is 5.92 Å². The zero-order valence-electron chi connectivity index (χ0n) is 10.9. The van der Waals surface area contributed by atoms with E-state index >= 15 is 0 Å². The third kappa shape index (κ3) is 2.45. The fourth-order valence-electron chi connectivity index (χ4n) is 3.04. The molecule has 1 atom stereocenters. The number of oxazole rings is 1. The van der Waals surface area contributed by atoms with Crippen LogP contribution >= 0.6 is 0 Å². The first-order chi connectivity index (χ1) is 9.25. The summed E-state index contributed by atoms with van der Waals surface area (Å²) in [4.78, 5) is 11.8. The Kier molecular flexibility index (Phi) is 3.42. The Balaban J connectivity index is 1.84. The number of aliphatic hydroxyl groups excluding tert-OH is 1. The quantitative estimate of drug-likeness (QED) is 0.923. The van der Waals surface area contributed by atoms with E-state index in [4.69, 9.17) is 4.42 Å². The molecule has 1 aromatic carbocycles. The Morgan fingerprint density at radius 2 is 2.00 bits per heavy atom. The van der Waals surface area contributed by atoms with E-state index < -0.39 is 6.10 Å². The largest absolute Gasteiger partial charge is 0.420 e. The van der Waals surface area contributed by atoms with Gasteiger partial charge in [-0.3, -0.25) is 4.57 Å². The van der Waals surface area contributed by atoms with Gasteiger partial charge in [0, 0.05) is 0 Å². The molecule has 0 amide bonds. The Labute approximate surface area is 111 Å². The molecule has 102 valence electrons. The van der Waals surface area contributed by atoms with E-state index in [-0.39, 0.29) is 5.76 Å². The lowest BCUT2D eigenvalue weighted by Gasteiger charge is -2.26. The third-order valence-corrected chi connectivity index (χ3v) is 4.14. The SMILES string of the molecule is O=c1oc2ccccc2n1CC(O)C1CCCCC1. The number of nitrogens with zero attached hydrogens (tertiary/aromatic N) is 1. The van der Waals surface area contributed by atoms with Crippen LogP contribution in [0.3, 0.4) is 0 Å². The molecule has 1 aromatic heterocycles. The standard InChI is InChI=1S/C15H19NO3/c17-13(11-6-2-1-3-7-11)10-16-12-8-4-5-9-14(12)19-15(16)18/h4-5,8-9,11,13,17H,1-3,6-7,10H2. The summed E-state index contributed by atoms with van der Waals surface area (Å²) in [5.41, 5.74) is 1.35. The van der Waals surface area contributed by atoms with Crippen LogP contribution in [-0.4, -0.2) is 15.8 Å². The zero-order chi connectivity index (χ0) is 13.2. The first kappa shape index (κ1) is 12.5. The summed E-state index contributed by atoms with van der Waals surface area (Å²) < 4.78 is 6.73. The molecule has 1 heterocycles. The molecule has 4 nitrogen and oxygen atoms in total. The monoisotopic (exact) mass is 261 g/mol. The van der Waals surface area contributed by atoms with E-state index in [0.29, 0.717) is 18.0 Å². The van der Waals surface area contributed by atoms with Crippen LogP contribution in [0.1, 0.15) is 32.1 Å². The molecule has 1 fully saturated rings. The lowest BCUT2D eigenvalue weighted by molar-refractivity contribution is 0.0688. The normalized spacial score (nSPS) is 18.8. The van der Waals surface area contributed by atoms with E-state index in [0.717, 1.165) is 18.4 Å². The highest BCUT2D eigenvalue weighted by atomic mass is 16.4. The summed E-state index contributed by atoms with van der Waals surface area (Å²) in [5.74, 6) is -0.0645. The molecule has 0 radical (unpaired) electrons. The fraction of sp³-hybridized carbons (Fsp3) is 0.533. The lowest BCUT2D eigenvalue weighted by atomic mass is 9.85. The van der Waals surface area contributed by atoms with Crippen LogP contribution in [0.2, 0.25) is 0 Å². The van der Waals surface area contributed by atoms with Crippen LogP contribution in [-0.2, 0) is 6.54 Å². The second-order valence-corrected chi connectivity index (χ2v) is 5.41. The molecule has 2 aromatic rings. The van der Waals surface area contributed by atoms with Crippen molar-refractivity contribution >= 4 is 11.1 Å². The molecule has 0 bridgehead atoms. The molecule has 4 heteroatoms. The zero-order valence-corrected chi connectivity index (χ0v) is 10.9. The summed E-state index contributed by atoms with van der Waals surface area (Å²) in [5, 5.41) is 10.3. The van der Waals surface area contributed by atoms with E-state index in [1.165, 1.54) is 19.3 Å². The third-order valence-electron chi connectivity index (χ3n) is 4.14. The van der Waals surface area contributed by atoms with Crippen molar-refractivity contribution in [3.8, 4) is 0 Å². The summed E-state index contributed by atoms with van der Waals surface area (Å²) in [6.45, 7) is 0.334. The van der Waals surface area contributed by atoms with Crippen LogP contribution in [0.4, 0.5) is 0 Å². The van der Waals surface area contributed by atoms with Gasteiger partial charge in [-0.15, -0.1) is 0 Å². The molecule has 1 saturated carbocycles. The highest BCUT2D eigenvalue weighted by Crippen LogP contribution is 2.27. The van der Waals surface area contributed by atoms with Gasteiger partial charge in [0.15, 0.2) is 5.58 Å². The molecule has 0 aliphatic heterocycles. The second-order valence-electron chi connectivity index (χ2n) is 5.41. The predicted molar refractivity (Wildman–Crippen MR) is 73.1 cm³/mol. The number of aromatic nitrogens is 1. The summed E-state index contributed by atoms with van der Waals surface area (Å²) in [6, 6.07) is 7.35. The number of benzene rings is 1. The van der Waals surface area contributed by atoms with E-state index in [1.54, 1.807) is 10.6 Å². The van der Waals surface area contributed by atoms with Gasteiger partial charge in [-0.25, -0.2) is 4.79 Å². The maximum Gasteiger partial charge on any atom is 0.420 e. The number of hydrogen-bond donors (Lipinski definition) is 1. The fourth-order valence-corrected chi connectivity index (χ4v) is 3.04. The molecule has 1 N–H and O–H groups in total. The van der Waals surface area contributed by atoms with E-state index in [1.807, 2.05) is 18.2 Å². The van der Waals surface area contributed by atoms with Gasteiger partial charge < -0.3 is 9.52 Å². The molecule has 3 rings (SSSR count). The summed E-state index contributed by atoms with van der Waals surface area (Å²) in [6.07, 6.45) is 5.29. The molecule has 0 saturated heterocycles. The van der Waals surface area contributed by atoms with Crippen molar-refractivity contribution in [1.82, 2.24) is 4.57 Å². The predicted octanol–water partition coefficient (Wildman–Crippen LogP) is 2.54. The summed E-state index contributed by atoms with van der Waals surface area (Å²) in [7, 11) is 0. The van der Waals surface area contributed by atoms with Crippen LogP contribution in [0.15, 0.2) is 33.5 Å². The lowest BCUT2D eigenvalue weighted by Crippen LogP contribution is -2.30. The van der Waals surface area contributed by atoms with Gasteiger partial charge in [-0.2, -0.15) is 0 Å². The van der Waals surface area contributed by atoms with Gasteiger partial charge in [-0.1, -0.05) is 31.4 Å². The van der Waals surface area contributed by atoms with Crippen LogP contribution < -0.4 is 5.76 Å². The highest BCUT2D eigenvalue weighted by molar-refractivity contribution is 5.72. The Morgan fingerprint density at radius 1 is 1.26 bits per heavy atom. The molecule has 19 heavy (non-hydrogen) atoms. The first-order valence-electron chi connectivity index (χ1n) is 7.02. The number of rotatable bonds is 3. The van der Waals surface area contributed by atoms with Crippen molar-refractivity contribution in [2.24, 2.45) is 5.92 Å². The Morgan fingerprint density at radius 3 is 2.79 bits per heavy atom. The van der Waals surface area contributed by atoms with Gasteiger partial charge in [-0.05, 0) is 30.9 Å². The molecule has 1 unspecified atom stereocenters. The topological polar surface area (TPSA) is 55.4 Å². The number of hydrogen-bond acceptors (Lipinski definition) is 3. The van der Waals surface area contributed by atoms with Gasteiger partial charge in [0.1, 0.15) is 0 Å². The van der Waals surface area contributed by atoms with Crippen molar-refractivity contribution in [3.63, 3.8) is 0 Å². The van der Waals surface area contributed by atoms with Crippen molar-refractivity contribution in [2.45, 2.75) is 44.8 Å². The van der Waals surface area contributed by atoms with Crippen molar-refractivity contribution in [1.29, 1.82) is 0 Å². The van der Waals surface area contributed by atoms with Gasteiger partial charge in [0.2, 0.25) is 0 Å². The minimum atomic E-state index is -0.459. The number of para-hydroxylation sites is 2. The first-order valence-corrected chi connectivity index (χ1v) is 7.02. The molecule has 0 spiro atoms. The number of fused-ring (bicyclic) bond motifs is 1. The van der Waals surface area contributed by atoms with Gasteiger partial charge in [0.25, 0.3) is 0 Å². The highest BCUT2D eigenvalue weighted by Gasteiger charge is 2.23. The average molecular weight is 261 g/mol. The van der Waals surface area contributed by atoms with Crippen LogP contribution in [0.25, 0.3) is 11.1 Å². The second kappa shape index (κ2) is 5.21. The van der Waals surface area contributed by atoms with Crippen molar-refractivity contribution < 1.29 is 9.52 Å². The molecular weight excluding hydrogens is 242 g/mol. The molecular formula is C15H19NO3. The van der Waals surface area contributed by atoms with Gasteiger partial charge >= 0.3 is 5.76 Å². The smallest absolute Gasteiger partial charge is 0.408 e. The van der Waals surface area contributed by atoms with Crippen molar-refractivity contribution in [2.75, 3.05) is 0 Å². The minimum Gasteiger partial charge on any atom is -0.408 e. The van der Waals surface area contributed by atoms with Crippen molar-refractivity contribution in [3.05, 3.63) is 34.8 Å². The van der Waals surface area contributed by atoms with E-state index in [9.17, 15) is 9.90 Å². The maximum absolute atomic E-state index is 11.8. The van der Waals surface area contributed by atoms with Gasteiger partial charge in [0.05, 0.1) is 18.2 Å². The molecule has 1 aliphatic rings. The Bertz CT molecular complexity index is 607. The average Bonchev–Trinajstić information content (AvgIpc) is 2.76. The van der Waals surface area contributed by atoms with Crippen LogP contribution in [0.5, 0.6) is 0 Å². The maximum atomic E-state index is 11.8. The Hall–Kier alpha value is -1.55. The van der Waals surface area contributed by atoms with E-state index in [2.05, 4.69) is 0 Å².